The van der Waals surface area contributed by atoms with E-state index in [1.807, 2.05) is 0 Å². The smallest absolute Gasteiger partial charge is 1.00 e. The van der Waals surface area contributed by atoms with Gasteiger partial charge in [0.1, 0.15) is 0 Å². The Morgan fingerprint density at radius 1 is 0.730 bits per heavy atom. The number of halogens is 2. The zero-order chi connectivity index (χ0) is 24.5. The minimum absolute atomic E-state index is 0. The van der Waals surface area contributed by atoms with Gasteiger partial charge in [0.25, 0.3) is 0 Å². The third-order valence-electron chi connectivity index (χ3n) is 6.53. The second-order valence-corrected chi connectivity index (χ2v) is 11.0. The first kappa shape index (κ1) is 36.1. The van der Waals surface area contributed by atoms with Crippen LogP contribution in [0.5, 0.6) is 0 Å². The summed E-state index contributed by atoms with van der Waals surface area (Å²) in [7, 11) is 1.32. The molecule has 0 N–H and O–H groups in total. The van der Waals surface area contributed by atoms with Crippen LogP contribution in [0.1, 0.15) is 70.2 Å². The summed E-state index contributed by atoms with van der Waals surface area (Å²) >= 11 is 0. The van der Waals surface area contributed by atoms with Gasteiger partial charge in [0, 0.05) is 9.52 Å². The molecule has 2 radical (unpaired) electrons. The van der Waals surface area contributed by atoms with Crippen molar-refractivity contribution in [3.05, 3.63) is 106 Å². The van der Waals surface area contributed by atoms with Crippen LogP contribution < -0.4 is 24.8 Å². The molecule has 194 valence electrons. The number of hydrogen-bond donors (Lipinski definition) is 0. The van der Waals surface area contributed by atoms with E-state index in [2.05, 4.69) is 114 Å². The minimum atomic E-state index is 0. The number of allylic oxidation sites excluding steroid dienone is 8. The maximum absolute atomic E-state index is 3.43. The number of aryl methyl sites for hydroxylation is 2. The summed E-state index contributed by atoms with van der Waals surface area (Å²) in [5, 5.41) is 0. The molecule has 1 heterocycles. The van der Waals surface area contributed by atoms with Crippen molar-refractivity contribution in [2.45, 2.75) is 72.9 Å². The summed E-state index contributed by atoms with van der Waals surface area (Å²) in [6, 6.07) is 20.7. The van der Waals surface area contributed by atoms with E-state index < -0.39 is 0 Å². The van der Waals surface area contributed by atoms with Crippen molar-refractivity contribution in [2.75, 3.05) is 0 Å². The maximum atomic E-state index is 3.43. The van der Waals surface area contributed by atoms with Crippen molar-refractivity contribution in [1.82, 2.24) is 0 Å². The molecule has 0 nitrogen and oxygen atoms in total. The summed E-state index contributed by atoms with van der Waals surface area (Å²) < 4.78 is 0. The van der Waals surface area contributed by atoms with Crippen LogP contribution in [0, 0.1) is 24.0 Å². The van der Waals surface area contributed by atoms with Gasteiger partial charge in [0.2, 0.25) is 0 Å². The second-order valence-electron chi connectivity index (χ2n) is 9.49. The molecular formula is C33H40Cl2SiZr. The van der Waals surface area contributed by atoms with Crippen molar-refractivity contribution in [1.29, 1.82) is 0 Å². The van der Waals surface area contributed by atoms with E-state index in [-0.39, 0.29) is 51.0 Å². The van der Waals surface area contributed by atoms with Crippen molar-refractivity contribution in [3.63, 3.8) is 0 Å². The van der Waals surface area contributed by atoms with Crippen molar-refractivity contribution < 1.29 is 51.0 Å². The summed E-state index contributed by atoms with van der Waals surface area (Å²) in [6.45, 7) is 13.0. The van der Waals surface area contributed by atoms with Gasteiger partial charge in [-0.15, -0.1) is 11.1 Å². The van der Waals surface area contributed by atoms with Crippen LogP contribution in [0.2, 0.25) is 12.1 Å². The first-order valence-corrected chi connectivity index (χ1v) is 14.4. The van der Waals surface area contributed by atoms with Crippen LogP contribution in [0.3, 0.4) is 0 Å². The monoisotopic (exact) mass is 624 g/mol. The molecule has 1 fully saturated rings. The molecule has 1 aliphatic heterocycles. The third kappa shape index (κ3) is 11.0. The van der Waals surface area contributed by atoms with Gasteiger partial charge in [-0.1, -0.05) is 120 Å². The Kier molecular flexibility index (Phi) is 17.9. The predicted molar refractivity (Wildman–Crippen MR) is 151 cm³/mol. The Labute approximate surface area is 261 Å². The molecule has 3 aliphatic rings. The third-order valence-corrected chi connectivity index (χ3v) is 7.94. The standard InChI is InChI=1S/2C15H17.C3H6Si.2ClH.Zr/c2*1-4-13-6-5-7-14(10-13)15-9-11(2)8-12(15)3;1-2-4-3-1;;;/h2*5-7,9-11H,4H2,1-3H3;1-3H2;2*1H;/q2*-1;;;;+4/p-2. The average molecular weight is 627 g/mol. The molecule has 2 unspecified atom stereocenters. The number of benzene rings is 2. The van der Waals surface area contributed by atoms with Crippen molar-refractivity contribution in [3.8, 4) is 0 Å². The Balaban J connectivity index is 0.000000567. The number of hydrogen-bond acceptors (Lipinski definition) is 0. The van der Waals surface area contributed by atoms with Crippen LogP contribution >= 0.6 is 0 Å². The average Bonchev–Trinajstić information content (AvgIpc) is 3.32. The van der Waals surface area contributed by atoms with Gasteiger partial charge in [-0.2, -0.15) is 23.3 Å². The van der Waals surface area contributed by atoms with Crippen LogP contribution in [0.15, 0.2) is 71.8 Å². The zero-order valence-corrected chi connectivity index (χ0v) is 28.2. The van der Waals surface area contributed by atoms with Crippen molar-refractivity contribution in [2.24, 2.45) is 11.8 Å². The predicted octanol–water partition coefficient (Wildman–Crippen LogP) is 3.00. The van der Waals surface area contributed by atoms with Gasteiger partial charge in [0.15, 0.2) is 0 Å². The van der Waals surface area contributed by atoms with E-state index in [0.717, 1.165) is 12.8 Å². The molecule has 2 aromatic carbocycles. The molecule has 0 aromatic heterocycles. The Bertz CT molecular complexity index is 1010. The molecule has 2 atom stereocenters. The van der Waals surface area contributed by atoms with Gasteiger partial charge < -0.3 is 24.8 Å². The van der Waals surface area contributed by atoms with Crippen LogP contribution in [0.25, 0.3) is 11.1 Å². The van der Waals surface area contributed by atoms with E-state index in [4.69, 9.17) is 0 Å². The maximum Gasteiger partial charge on any atom is 4.00 e. The first-order valence-electron chi connectivity index (χ1n) is 12.9. The number of rotatable bonds is 4. The Morgan fingerprint density at radius 2 is 1.08 bits per heavy atom. The molecule has 1 saturated heterocycles. The van der Waals surface area contributed by atoms with Gasteiger partial charge in [-0.25, -0.2) is 11.1 Å². The van der Waals surface area contributed by atoms with Crippen LogP contribution in [-0.4, -0.2) is 9.52 Å². The Morgan fingerprint density at radius 3 is 1.32 bits per heavy atom. The molecule has 0 amide bonds. The van der Waals surface area contributed by atoms with E-state index in [0.29, 0.717) is 11.8 Å². The van der Waals surface area contributed by atoms with Gasteiger partial charge in [-0.3, -0.25) is 12.2 Å². The fourth-order valence-corrected chi connectivity index (χ4v) is 4.75. The summed E-state index contributed by atoms with van der Waals surface area (Å²) in [4.78, 5) is 0. The van der Waals surface area contributed by atoms with Gasteiger partial charge >= 0.3 is 26.2 Å². The quantitative estimate of drug-likeness (QED) is 0.362. The largest absolute Gasteiger partial charge is 4.00 e. The second kappa shape index (κ2) is 18.4. The Hall–Kier alpha value is -0.920. The van der Waals surface area contributed by atoms with Crippen molar-refractivity contribution >= 4 is 20.7 Å². The molecular weight excluding hydrogens is 587 g/mol. The fourth-order valence-electron chi connectivity index (χ4n) is 4.39. The van der Waals surface area contributed by atoms with E-state index in [1.54, 1.807) is 0 Å². The normalized spacial score (nSPS) is 18.9. The summed E-state index contributed by atoms with van der Waals surface area (Å²) in [5.41, 5.74) is 10.8. The molecule has 2 aliphatic carbocycles. The SMILES string of the molecule is C1C[Si]C1.CCc1cccc(C2=CC(C)[C-]=C2C)c1.CCc1cccc(C2=CC(C)[C-]=C2C)c1.[Cl-].[Cl-].[Zr+4]. The van der Waals surface area contributed by atoms with Gasteiger partial charge in [-0.05, 0) is 24.0 Å². The molecule has 4 heteroatoms. The topological polar surface area (TPSA) is 0 Å². The van der Waals surface area contributed by atoms with E-state index in [9.17, 15) is 0 Å². The molecule has 37 heavy (non-hydrogen) atoms. The van der Waals surface area contributed by atoms with Crippen LogP contribution in [0.4, 0.5) is 0 Å². The zero-order valence-electron chi connectivity index (χ0n) is 23.2. The summed E-state index contributed by atoms with van der Waals surface area (Å²) in [6.07, 6.45) is 15.2. The van der Waals surface area contributed by atoms with Gasteiger partial charge in [0.05, 0.1) is 0 Å². The molecule has 0 saturated carbocycles. The minimum Gasteiger partial charge on any atom is -1.00 e. The summed E-state index contributed by atoms with van der Waals surface area (Å²) in [5.74, 6) is 0.926. The van der Waals surface area contributed by atoms with E-state index >= 15 is 0 Å². The van der Waals surface area contributed by atoms with Crippen LogP contribution in [-0.2, 0) is 39.0 Å². The molecule has 0 spiro atoms. The first-order chi connectivity index (χ1) is 16.4. The molecule has 2 aromatic rings. The molecule has 0 bridgehead atoms. The molecule has 5 rings (SSSR count). The fraction of sp³-hybridized carbons (Fsp3) is 0.394. The van der Waals surface area contributed by atoms with E-state index in [1.165, 1.54) is 72.6 Å².